The highest BCUT2D eigenvalue weighted by molar-refractivity contribution is 5.79. The number of esters is 1. The van der Waals surface area contributed by atoms with Crippen molar-refractivity contribution in [2.24, 2.45) is 0 Å². The standard InChI is InChI=1S/C25H42O3/c1-3-4-5-6-7-8-9-10-11-12-13-14-15-16-20-23(25(27)28-2)22-19-17-18-21-24(22)26/h17-19,21,23,26H,3-16,20H2,1-2H3. The van der Waals surface area contributed by atoms with Crippen LogP contribution in [-0.2, 0) is 9.53 Å². The molecule has 3 heteroatoms. The lowest BCUT2D eigenvalue weighted by atomic mass is 9.92. The Kier molecular flexibility index (Phi) is 14.4. The summed E-state index contributed by atoms with van der Waals surface area (Å²) >= 11 is 0. The number of unbranched alkanes of at least 4 members (excludes halogenated alkanes) is 13. The molecular formula is C25H42O3. The second-order valence-electron chi connectivity index (χ2n) is 8.02. The molecule has 1 N–H and O–H groups in total. The first kappa shape index (κ1) is 24.5. The van der Waals surface area contributed by atoms with Crippen LogP contribution in [0.15, 0.2) is 24.3 Å². The predicted molar refractivity (Wildman–Crippen MR) is 118 cm³/mol. The van der Waals surface area contributed by atoms with Crippen LogP contribution in [0.2, 0.25) is 0 Å². The molecule has 160 valence electrons. The zero-order chi connectivity index (χ0) is 20.5. The molecule has 1 atom stereocenters. The highest BCUT2D eigenvalue weighted by atomic mass is 16.5. The lowest BCUT2D eigenvalue weighted by Crippen LogP contribution is -2.14. The second-order valence-corrected chi connectivity index (χ2v) is 8.02. The molecule has 1 aromatic rings. The Morgan fingerprint density at radius 1 is 0.821 bits per heavy atom. The third-order valence-electron chi connectivity index (χ3n) is 5.64. The number of methoxy groups -OCH3 is 1. The molecular weight excluding hydrogens is 348 g/mol. The van der Waals surface area contributed by atoms with Crippen LogP contribution in [0, 0.1) is 0 Å². The van der Waals surface area contributed by atoms with E-state index in [1.54, 1.807) is 12.1 Å². The fourth-order valence-corrected chi connectivity index (χ4v) is 3.87. The van der Waals surface area contributed by atoms with Crippen molar-refractivity contribution in [1.82, 2.24) is 0 Å². The molecule has 1 unspecified atom stereocenters. The average molecular weight is 391 g/mol. The van der Waals surface area contributed by atoms with Crippen LogP contribution in [0.25, 0.3) is 0 Å². The predicted octanol–water partition coefficient (Wildman–Crippen LogP) is 7.52. The van der Waals surface area contributed by atoms with E-state index in [-0.39, 0.29) is 17.6 Å². The minimum absolute atomic E-state index is 0.184. The van der Waals surface area contributed by atoms with Gasteiger partial charge in [-0.1, -0.05) is 115 Å². The normalized spacial score (nSPS) is 12.1. The van der Waals surface area contributed by atoms with Crippen molar-refractivity contribution in [1.29, 1.82) is 0 Å². The third kappa shape index (κ3) is 10.7. The van der Waals surface area contributed by atoms with Gasteiger partial charge in [0.05, 0.1) is 13.0 Å². The number of phenols is 1. The van der Waals surface area contributed by atoms with Gasteiger partial charge in [-0.05, 0) is 12.5 Å². The molecule has 0 fully saturated rings. The molecule has 0 saturated heterocycles. The van der Waals surface area contributed by atoms with Gasteiger partial charge in [0.25, 0.3) is 0 Å². The third-order valence-corrected chi connectivity index (χ3v) is 5.64. The van der Waals surface area contributed by atoms with Crippen LogP contribution in [-0.4, -0.2) is 18.2 Å². The lowest BCUT2D eigenvalue weighted by molar-refractivity contribution is -0.142. The number of hydrogen-bond donors (Lipinski definition) is 1. The van der Waals surface area contributed by atoms with Gasteiger partial charge in [-0.3, -0.25) is 4.79 Å². The first-order valence-corrected chi connectivity index (χ1v) is 11.6. The monoisotopic (exact) mass is 390 g/mol. The summed E-state index contributed by atoms with van der Waals surface area (Å²) in [6.45, 7) is 2.27. The maximum atomic E-state index is 12.1. The zero-order valence-corrected chi connectivity index (χ0v) is 18.3. The maximum Gasteiger partial charge on any atom is 0.313 e. The first-order valence-electron chi connectivity index (χ1n) is 11.6. The van der Waals surface area contributed by atoms with Gasteiger partial charge in [0.15, 0.2) is 0 Å². The summed E-state index contributed by atoms with van der Waals surface area (Å²) in [6, 6.07) is 7.09. The molecule has 0 aromatic heterocycles. The van der Waals surface area contributed by atoms with Gasteiger partial charge in [-0.2, -0.15) is 0 Å². The molecule has 1 aromatic carbocycles. The number of ether oxygens (including phenoxy) is 1. The van der Waals surface area contributed by atoms with Gasteiger partial charge in [0, 0.05) is 5.56 Å². The molecule has 28 heavy (non-hydrogen) atoms. The fourth-order valence-electron chi connectivity index (χ4n) is 3.87. The van der Waals surface area contributed by atoms with E-state index >= 15 is 0 Å². The number of para-hydroxylation sites is 1. The van der Waals surface area contributed by atoms with Gasteiger partial charge in [-0.25, -0.2) is 0 Å². The van der Waals surface area contributed by atoms with Gasteiger partial charge in [0.1, 0.15) is 5.75 Å². The number of rotatable bonds is 17. The number of benzene rings is 1. The van der Waals surface area contributed by atoms with Crippen molar-refractivity contribution >= 4 is 5.97 Å². The molecule has 0 bridgehead atoms. The topological polar surface area (TPSA) is 46.5 Å². The Bertz CT molecular complexity index is 512. The number of phenolic OH excluding ortho intramolecular Hbond substituents is 1. The quantitative estimate of drug-likeness (QED) is 0.221. The summed E-state index contributed by atoms with van der Waals surface area (Å²) in [5, 5.41) is 10.0. The van der Waals surface area contributed by atoms with Crippen molar-refractivity contribution in [3.8, 4) is 5.75 Å². The number of aromatic hydroxyl groups is 1. The molecule has 0 spiro atoms. The van der Waals surface area contributed by atoms with Crippen molar-refractivity contribution < 1.29 is 14.6 Å². The van der Waals surface area contributed by atoms with Crippen LogP contribution in [0.3, 0.4) is 0 Å². The van der Waals surface area contributed by atoms with E-state index in [9.17, 15) is 9.90 Å². The Morgan fingerprint density at radius 3 is 1.75 bits per heavy atom. The molecule has 0 aliphatic carbocycles. The van der Waals surface area contributed by atoms with Crippen LogP contribution < -0.4 is 0 Å². The van der Waals surface area contributed by atoms with Gasteiger partial charge in [-0.15, -0.1) is 0 Å². The number of carbonyl (C=O) groups is 1. The van der Waals surface area contributed by atoms with Crippen molar-refractivity contribution in [3.63, 3.8) is 0 Å². The molecule has 0 radical (unpaired) electrons. The highest BCUT2D eigenvalue weighted by Crippen LogP contribution is 2.30. The maximum absolute atomic E-state index is 12.1. The van der Waals surface area contributed by atoms with E-state index < -0.39 is 0 Å². The first-order chi connectivity index (χ1) is 13.7. The van der Waals surface area contributed by atoms with Crippen molar-refractivity contribution in [3.05, 3.63) is 29.8 Å². The Morgan fingerprint density at radius 2 is 1.29 bits per heavy atom. The number of hydrogen-bond acceptors (Lipinski definition) is 3. The second kappa shape index (κ2) is 16.4. The minimum atomic E-state index is -0.358. The zero-order valence-electron chi connectivity index (χ0n) is 18.3. The van der Waals surface area contributed by atoms with E-state index in [4.69, 9.17) is 4.74 Å². The van der Waals surface area contributed by atoms with Crippen LogP contribution in [0.4, 0.5) is 0 Å². The van der Waals surface area contributed by atoms with Gasteiger partial charge >= 0.3 is 5.97 Å². The van der Waals surface area contributed by atoms with E-state index in [0.29, 0.717) is 5.56 Å². The summed E-state index contributed by atoms with van der Waals surface area (Å²) in [7, 11) is 1.42. The SMILES string of the molecule is CCCCCCCCCCCCCCCCC(C(=O)OC)c1ccccc1O. The largest absolute Gasteiger partial charge is 0.508 e. The Hall–Kier alpha value is -1.51. The summed E-state index contributed by atoms with van der Waals surface area (Å²) in [4.78, 5) is 12.1. The van der Waals surface area contributed by atoms with Crippen molar-refractivity contribution in [2.45, 2.75) is 109 Å². The van der Waals surface area contributed by atoms with E-state index in [1.807, 2.05) is 12.1 Å². The van der Waals surface area contributed by atoms with Crippen LogP contribution in [0.1, 0.15) is 115 Å². The molecule has 0 aliphatic heterocycles. The van der Waals surface area contributed by atoms with Crippen LogP contribution in [0.5, 0.6) is 5.75 Å². The molecule has 0 saturated carbocycles. The van der Waals surface area contributed by atoms with Crippen molar-refractivity contribution in [2.75, 3.05) is 7.11 Å². The summed E-state index contributed by atoms with van der Waals surface area (Å²) in [6.07, 6.45) is 19.2. The Balaban J connectivity index is 2.06. The van der Waals surface area contributed by atoms with Crippen LogP contribution >= 0.6 is 0 Å². The summed E-state index contributed by atoms with van der Waals surface area (Å²) in [5.41, 5.74) is 0.684. The average Bonchev–Trinajstić information content (AvgIpc) is 2.71. The van der Waals surface area contributed by atoms with E-state index in [0.717, 1.165) is 19.3 Å². The van der Waals surface area contributed by atoms with Gasteiger partial charge in [0.2, 0.25) is 0 Å². The molecule has 0 aliphatic rings. The molecule has 1 rings (SSSR count). The molecule has 0 heterocycles. The Labute approximate surface area is 172 Å². The molecule has 3 nitrogen and oxygen atoms in total. The highest BCUT2D eigenvalue weighted by Gasteiger charge is 2.23. The summed E-state index contributed by atoms with van der Waals surface area (Å²) < 4.78 is 4.94. The summed E-state index contributed by atoms with van der Waals surface area (Å²) in [5.74, 6) is -0.428. The van der Waals surface area contributed by atoms with E-state index in [2.05, 4.69) is 6.92 Å². The van der Waals surface area contributed by atoms with E-state index in [1.165, 1.54) is 84.2 Å². The molecule has 0 amide bonds. The lowest BCUT2D eigenvalue weighted by Gasteiger charge is -2.16. The fraction of sp³-hybridized carbons (Fsp3) is 0.720. The number of carbonyl (C=O) groups excluding carboxylic acids is 1. The van der Waals surface area contributed by atoms with Gasteiger partial charge < -0.3 is 9.84 Å². The minimum Gasteiger partial charge on any atom is -0.508 e. The smallest absolute Gasteiger partial charge is 0.313 e.